The first kappa shape index (κ1) is 20.5. The molecule has 0 aliphatic rings. The van der Waals surface area contributed by atoms with Crippen LogP contribution in [-0.2, 0) is 26.3 Å². The molecule has 0 bridgehead atoms. The van der Waals surface area contributed by atoms with Crippen LogP contribution in [0.5, 0.6) is 0 Å². The van der Waals surface area contributed by atoms with Crippen molar-refractivity contribution in [2.45, 2.75) is 0 Å². The zero-order valence-electron chi connectivity index (χ0n) is 12.8. The minimum atomic E-state index is -0.877. The van der Waals surface area contributed by atoms with Crippen LogP contribution in [0.1, 0.15) is 0 Å². The summed E-state index contributed by atoms with van der Waals surface area (Å²) in [7, 11) is -0.877. The number of halogens is 1. The molecule has 0 fully saturated rings. The Hall–Kier alpha value is -0.586. The minimum absolute atomic E-state index is 0.877. The van der Waals surface area contributed by atoms with Crippen molar-refractivity contribution < 1.29 is 13.7 Å². The molecule has 4 heteroatoms. The summed E-state index contributed by atoms with van der Waals surface area (Å²) in [5.41, 5.74) is 0. The quantitative estimate of drug-likeness (QED) is 0.329. The van der Waals surface area contributed by atoms with Crippen molar-refractivity contribution in [3.63, 3.8) is 0 Å². The summed E-state index contributed by atoms with van der Waals surface area (Å²) >= 11 is 10.3. The van der Waals surface area contributed by atoms with Crippen LogP contribution >= 0.6 is 22.1 Å². The molecule has 0 aliphatic heterocycles. The van der Waals surface area contributed by atoms with Crippen LogP contribution in [0.15, 0.2) is 91.0 Å². The molecule has 0 aliphatic carbocycles. The number of hydrogen-bond acceptors (Lipinski definition) is 1. The van der Waals surface area contributed by atoms with E-state index in [0.29, 0.717) is 0 Å². The number of hydrogen-bond donors (Lipinski definition) is 0. The fraction of sp³-hybridized carbons (Fsp3) is 0.0526. The molecule has 0 radical (unpaired) electrons. The second-order valence-electron chi connectivity index (χ2n) is 4.47. The molecule has 3 aromatic carbocycles. The van der Waals surface area contributed by atoms with Crippen molar-refractivity contribution in [1.82, 2.24) is 0 Å². The Labute approximate surface area is 161 Å². The van der Waals surface area contributed by atoms with Crippen molar-refractivity contribution in [1.29, 1.82) is 0 Å². The molecular weight excluding hydrogens is 430 g/mol. The van der Waals surface area contributed by atoms with E-state index in [-0.39, 0.29) is 0 Å². The third kappa shape index (κ3) is 6.44. The first-order valence-corrected chi connectivity index (χ1v) is 11.8. The van der Waals surface area contributed by atoms with E-state index in [1.165, 1.54) is 15.9 Å². The SMILES string of the molecule is C[S-].[Ni][Br].c1ccc([PH+](c2ccccc2)c2ccccc2)cc1. The van der Waals surface area contributed by atoms with E-state index < -0.39 is 7.92 Å². The fourth-order valence-corrected chi connectivity index (χ4v) is 4.89. The van der Waals surface area contributed by atoms with Gasteiger partial charge in [-0.1, -0.05) is 54.6 Å². The van der Waals surface area contributed by atoms with E-state index in [2.05, 4.69) is 132 Å². The summed E-state index contributed by atoms with van der Waals surface area (Å²) in [5.74, 6) is 0. The molecule has 0 N–H and O–H groups in total. The number of benzene rings is 3. The predicted molar refractivity (Wildman–Crippen MR) is 109 cm³/mol. The standard InChI is InChI=1S/C18H15P.CH4S.BrH.Ni/c1-4-10-16(11-5-1)19(17-12-6-2-7-13-17)18-14-8-3-9-15-18;1-2;;/h1-15H;2H,1H3;1H;/q;;;+1/p-1. The average Bonchev–Trinajstić information content (AvgIpc) is 2.68. The Bertz CT molecular complexity index is 541. The summed E-state index contributed by atoms with van der Waals surface area (Å²) in [4.78, 5) is 0. The van der Waals surface area contributed by atoms with Gasteiger partial charge >= 0.3 is 27.9 Å². The second kappa shape index (κ2) is 12.8. The van der Waals surface area contributed by atoms with Crippen LogP contribution in [0, 0.1) is 0 Å². The van der Waals surface area contributed by atoms with Gasteiger partial charge in [0.15, 0.2) is 0 Å². The van der Waals surface area contributed by atoms with Gasteiger partial charge in [-0.15, -0.1) is 0 Å². The molecule has 23 heavy (non-hydrogen) atoms. The Morgan fingerprint density at radius 1 is 0.565 bits per heavy atom. The summed E-state index contributed by atoms with van der Waals surface area (Å²) in [6, 6.07) is 32.5. The zero-order valence-corrected chi connectivity index (χ0v) is 17.2. The molecule has 123 valence electrons. The van der Waals surface area contributed by atoms with E-state index in [9.17, 15) is 0 Å². The molecular formula is C19H19BrNiPS. The number of rotatable bonds is 3. The van der Waals surface area contributed by atoms with Gasteiger partial charge in [0.1, 0.15) is 15.9 Å². The van der Waals surface area contributed by atoms with Gasteiger partial charge in [0, 0.05) is 0 Å². The van der Waals surface area contributed by atoms with Crippen LogP contribution in [0.25, 0.3) is 0 Å². The minimum Gasteiger partial charge on any atom is -0.0620 e. The molecule has 0 unspecified atom stereocenters. The fourth-order valence-electron chi connectivity index (χ4n) is 2.31. The van der Waals surface area contributed by atoms with Gasteiger partial charge in [-0.3, -0.25) is 0 Å². The third-order valence-corrected chi connectivity index (χ3v) is 5.92. The summed E-state index contributed by atoms with van der Waals surface area (Å²) in [6.07, 6.45) is 1.58. The Morgan fingerprint density at radius 2 is 0.783 bits per heavy atom. The summed E-state index contributed by atoms with van der Waals surface area (Å²) in [6.45, 7) is 0. The van der Waals surface area contributed by atoms with Crippen LogP contribution in [0.2, 0.25) is 0 Å². The van der Waals surface area contributed by atoms with Crippen LogP contribution in [-0.4, -0.2) is 6.26 Å². The normalized spacial score (nSPS) is 9.30. The molecule has 0 heterocycles. The van der Waals surface area contributed by atoms with Crippen molar-refractivity contribution in [2.75, 3.05) is 6.26 Å². The molecule has 3 rings (SSSR count). The van der Waals surface area contributed by atoms with E-state index in [4.69, 9.17) is 0 Å². The monoisotopic (exact) mass is 447 g/mol. The molecule has 0 saturated carbocycles. The van der Waals surface area contributed by atoms with E-state index >= 15 is 0 Å². The van der Waals surface area contributed by atoms with Gasteiger partial charge < -0.3 is 12.6 Å². The van der Waals surface area contributed by atoms with Gasteiger partial charge in [0.2, 0.25) is 0 Å². The topological polar surface area (TPSA) is 0 Å². The maximum atomic E-state index is 4.08. The van der Waals surface area contributed by atoms with Crippen molar-refractivity contribution >= 4 is 50.7 Å². The largest absolute Gasteiger partial charge is 0.102 e. The van der Waals surface area contributed by atoms with Gasteiger partial charge in [-0.25, -0.2) is 0 Å². The van der Waals surface area contributed by atoms with Gasteiger partial charge in [-0.05, 0) is 36.4 Å². The zero-order chi connectivity index (χ0) is 16.9. The van der Waals surface area contributed by atoms with Crippen molar-refractivity contribution in [2.24, 2.45) is 0 Å². The second-order valence-corrected chi connectivity index (χ2v) is 6.96. The maximum Gasteiger partial charge on any atom is 0.102 e. The molecule has 0 amide bonds. The first-order chi connectivity index (χ1) is 11.4. The third-order valence-electron chi connectivity index (χ3n) is 3.19. The summed E-state index contributed by atoms with van der Waals surface area (Å²) in [5, 5.41) is 4.31. The summed E-state index contributed by atoms with van der Waals surface area (Å²) < 4.78 is 0. The van der Waals surface area contributed by atoms with Gasteiger partial charge in [0.25, 0.3) is 0 Å². The van der Waals surface area contributed by atoms with E-state index in [1.54, 1.807) is 6.26 Å². The Morgan fingerprint density at radius 3 is 1.00 bits per heavy atom. The molecule has 3 aromatic rings. The predicted octanol–water partition coefficient (Wildman–Crippen LogP) is 4.18. The van der Waals surface area contributed by atoms with Crippen molar-refractivity contribution in [3.05, 3.63) is 91.0 Å². The van der Waals surface area contributed by atoms with Crippen LogP contribution < -0.4 is 15.9 Å². The molecule has 0 atom stereocenters. The first-order valence-electron chi connectivity index (χ1n) is 7.01. The van der Waals surface area contributed by atoms with E-state index in [0.717, 1.165) is 0 Å². The Kier molecular flexibility index (Phi) is 11.4. The van der Waals surface area contributed by atoms with Crippen LogP contribution in [0.4, 0.5) is 0 Å². The van der Waals surface area contributed by atoms with Gasteiger partial charge in [-0.2, -0.15) is 6.26 Å². The smallest absolute Gasteiger partial charge is 0.0620 e. The molecule has 0 spiro atoms. The molecule has 0 aromatic heterocycles. The van der Waals surface area contributed by atoms with E-state index in [1.807, 2.05) is 0 Å². The Balaban J connectivity index is 0.000000615. The average molecular weight is 449 g/mol. The maximum absolute atomic E-state index is 4.08. The van der Waals surface area contributed by atoms with Crippen LogP contribution in [0.3, 0.4) is 0 Å². The molecule has 0 saturated heterocycles. The molecule has 0 nitrogen and oxygen atoms in total. The van der Waals surface area contributed by atoms with Crippen molar-refractivity contribution in [3.8, 4) is 0 Å². The van der Waals surface area contributed by atoms with Gasteiger partial charge in [0.05, 0.1) is 7.92 Å².